The number of methoxy groups -OCH3 is 2. The van der Waals surface area contributed by atoms with Gasteiger partial charge in [0.05, 0.1) is 24.8 Å². The van der Waals surface area contributed by atoms with Gasteiger partial charge in [-0.1, -0.05) is 54.6 Å². The normalized spacial score (nSPS) is 12.2. The Bertz CT molecular complexity index is 1870. The van der Waals surface area contributed by atoms with Gasteiger partial charge in [-0.3, -0.25) is 13.9 Å². The van der Waals surface area contributed by atoms with Crippen LogP contribution in [0.3, 0.4) is 0 Å². The molecule has 1 N–H and O–H groups in total. The summed E-state index contributed by atoms with van der Waals surface area (Å²) in [6, 6.07) is 23.5. The number of nitrogens with one attached hydrogen (secondary N) is 1. The van der Waals surface area contributed by atoms with Crippen molar-refractivity contribution >= 4 is 27.5 Å². The molecule has 0 spiro atoms. The molecule has 11 heteroatoms. The maximum absolute atomic E-state index is 15.2. The second-order valence-electron chi connectivity index (χ2n) is 12.9. The molecule has 0 bridgehead atoms. The van der Waals surface area contributed by atoms with Gasteiger partial charge >= 0.3 is 0 Å². The number of amides is 2. The molecule has 0 saturated heterocycles. The van der Waals surface area contributed by atoms with Gasteiger partial charge in [-0.2, -0.15) is 0 Å². The number of benzene rings is 4. The van der Waals surface area contributed by atoms with Crippen LogP contribution < -0.4 is 19.1 Å². The molecule has 0 heterocycles. The summed E-state index contributed by atoms with van der Waals surface area (Å²) in [6.45, 7) is 8.17. The van der Waals surface area contributed by atoms with Crippen molar-refractivity contribution in [1.82, 2.24) is 10.2 Å². The summed E-state index contributed by atoms with van der Waals surface area (Å²) in [5, 5.41) is 2.97. The predicted octanol–water partition coefficient (Wildman–Crippen LogP) is 6.21. The van der Waals surface area contributed by atoms with Gasteiger partial charge in [-0.15, -0.1) is 0 Å². The van der Waals surface area contributed by atoms with Crippen LogP contribution in [0.2, 0.25) is 0 Å². The molecule has 260 valence electrons. The van der Waals surface area contributed by atoms with Crippen molar-refractivity contribution in [1.29, 1.82) is 0 Å². The zero-order valence-electron chi connectivity index (χ0n) is 29.0. The second kappa shape index (κ2) is 15.5. The molecule has 2 amide bonds. The largest absolute Gasteiger partial charge is 0.493 e. The van der Waals surface area contributed by atoms with Gasteiger partial charge in [-0.05, 0) is 81.6 Å². The number of carbonyl (C=O) groups is 2. The first-order valence-corrected chi connectivity index (χ1v) is 17.3. The van der Waals surface area contributed by atoms with E-state index >= 15 is 4.39 Å². The Morgan fingerprint density at radius 1 is 0.837 bits per heavy atom. The number of aryl methyl sites for hydroxylation is 2. The van der Waals surface area contributed by atoms with Crippen LogP contribution in [-0.4, -0.2) is 57.5 Å². The van der Waals surface area contributed by atoms with Gasteiger partial charge in [0.2, 0.25) is 11.8 Å². The molecule has 0 radical (unpaired) electrons. The van der Waals surface area contributed by atoms with Crippen LogP contribution in [0.5, 0.6) is 11.5 Å². The average molecular weight is 690 g/mol. The van der Waals surface area contributed by atoms with Crippen LogP contribution in [0.4, 0.5) is 10.1 Å². The van der Waals surface area contributed by atoms with Crippen molar-refractivity contribution in [3.05, 3.63) is 119 Å². The summed E-state index contributed by atoms with van der Waals surface area (Å²) < 4.78 is 55.9. The van der Waals surface area contributed by atoms with Gasteiger partial charge in [0.1, 0.15) is 18.4 Å². The zero-order valence-corrected chi connectivity index (χ0v) is 29.8. The van der Waals surface area contributed by atoms with E-state index in [1.54, 1.807) is 24.3 Å². The summed E-state index contributed by atoms with van der Waals surface area (Å²) in [4.78, 5) is 29.8. The van der Waals surface area contributed by atoms with E-state index in [1.807, 2.05) is 71.0 Å². The highest BCUT2D eigenvalue weighted by Gasteiger charge is 2.36. The van der Waals surface area contributed by atoms with Crippen molar-refractivity contribution in [3.8, 4) is 11.5 Å². The molecule has 0 aromatic heterocycles. The summed E-state index contributed by atoms with van der Waals surface area (Å²) >= 11 is 0. The fourth-order valence-corrected chi connectivity index (χ4v) is 6.96. The fourth-order valence-electron chi connectivity index (χ4n) is 5.54. The summed E-state index contributed by atoms with van der Waals surface area (Å²) in [6.07, 6.45) is 0.106. The Morgan fingerprint density at radius 2 is 1.45 bits per heavy atom. The quantitative estimate of drug-likeness (QED) is 0.179. The number of nitrogens with zero attached hydrogens (tertiary/aromatic N) is 2. The number of sulfonamides is 1. The minimum absolute atomic E-state index is 0.106. The Labute approximate surface area is 288 Å². The van der Waals surface area contributed by atoms with Crippen molar-refractivity contribution in [2.24, 2.45) is 0 Å². The molecular formula is C38H44FN3O6S. The lowest BCUT2D eigenvalue weighted by Gasteiger charge is -2.35. The van der Waals surface area contributed by atoms with Crippen LogP contribution in [0.15, 0.2) is 95.9 Å². The first kappa shape index (κ1) is 36.9. The van der Waals surface area contributed by atoms with E-state index in [1.165, 1.54) is 49.5 Å². The number of hydrogen-bond acceptors (Lipinski definition) is 6. The fraction of sp³-hybridized carbons (Fsp3) is 0.316. The van der Waals surface area contributed by atoms with Gasteiger partial charge in [-0.25, -0.2) is 12.8 Å². The van der Waals surface area contributed by atoms with Crippen molar-refractivity contribution in [2.75, 3.05) is 25.1 Å². The molecule has 4 aromatic rings. The monoisotopic (exact) mass is 689 g/mol. The lowest BCUT2D eigenvalue weighted by atomic mass is 10.0. The molecule has 49 heavy (non-hydrogen) atoms. The average Bonchev–Trinajstić information content (AvgIpc) is 3.04. The third kappa shape index (κ3) is 9.38. The van der Waals surface area contributed by atoms with Gasteiger partial charge < -0.3 is 19.7 Å². The third-order valence-electron chi connectivity index (χ3n) is 7.78. The maximum atomic E-state index is 15.2. The molecule has 0 aliphatic rings. The molecule has 0 saturated carbocycles. The SMILES string of the molecule is COc1ccc(S(=O)(=O)N(CC(=O)N(Cc2ccccc2F)[C@H](Cc2ccccc2)C(=O)NC(C)(C)C)c2cc(C)cc(C)c2)cc1OC. The van der Waals surface area contributed by atoms with Gasteiger partial charge in [0.25, 0.3) is 10.0 Å². The van der Waals surface area contributed by atoms with E-state index in [-0.39, 0.29) is 34.9 Å². The molecule has 4 aromatic carbocycles. The molecule has 4 rings (SSSR count). The lowest BCUT2D eigenvalue weighted by Crippen LogP contribution is -2.56. The van der Waals surface area contributed by atoms with Crippen LogP contribution >= 0.6 is 0 Å². The number of ether oxygens (including phenoxy) is 2. The number of rotatable bonds is 13. The summed E-state index contributed by atoms with van der Waals surface area (Å²) in [5.74, 6) is -1.18. The van der Waals surface area contributed by atoms with Crippen LogP contribution in [-0.2, 0) is 32.6 Å². The molecule has 1 atom stereocenters. The van der Waals surface area contributed by atoms with E-state index in [0.29, 0.717) is 5.75 Å². The van der Waals surface area contributed by atoms with Crippen molar-refractivity contribution < 1.29 is 31.9 Å². The van der Waals surface area contributed by atoms with E-state index in [9.17, 15) is 18.0 Å². The van der Waals surface area contributed by atoms with E-state index in [2.05, 4.69) is 5.32 Å². The van der Waals surface area contributed by atoms with Crippen molar-refractivity contribution in [3.63, 3.8) is 0 Å². The second-order valence-corrected chi connectivity index (χ2v) is 14.8. The Balaban J connectivity index is 1.88. The molecule has 9 nitrogen and oxygen atoms in total. The van der Waals surface area contributed by atoms with E-state index < -0.39 is 45.8 Å². The number of hydrogen-bond donors (Lipinski definition) is 1. The first-order valence-electron chi connectivity index (χ1n) is 15.8. The lowest BCUT2D eigenvalue weighted by molar-refractivity contribution is -0.140. The van der Waals surface area contributed by atoms with Gasteiger partial charge in [0.15, 0.2) is 11.5 Å². The molecule has 0 aliphatic carbocycles. The van der Waals surface area contributed by atoms with Crippen LogP contribution in [0.25, 0.3) is 0 Å². The number of carbonyl (C=O) groups excluding carboxylic acids is 2. The highest BCUT2D eigenvalue weighted by atomic mass is 32.2. The Kier molecular flexibility index (Phi) is 11.7. The van der Waals surface area contributed by atoms with Crippen molar-refractivity contribution in [2.45, 2.75) is 64.1 Å². The minimum atomic E-state index is -4.41. The first-order chi connectivity index (χ1) is 23.1. The maximum Gasteiger partial charge on any atom is 0.264 e. The Hall–Kier alpha value is -4.90. The molecule has 0 aliphatic heterocycles. The van der Waals surface area contributed by atoms with Crippen LogP contribution in [0, 0.1) is 19.7 Å². The van der Waals surface area contributed by atoms with E-state index in [0.717, 1.165) is 21.0 Å². The van der Waals surface area contributed by atoms with E-state index in [4.69, 9.17) is 9.47 Å². The van der Waals surface area contributed by atoms with Gasteiger partial charge in [0, 0.05) is 30.1 Å². The Morgan fingerprint density at radius 3 is 2.04 bits per heavy atom. The number of anilines is 1. The molecular weight excluding hydrogens is 645 g/mol. The third-order valence-corrected chi connectivity index (χ3v) is 9.55. The summed E-state index contributed by atoms with van der Waals surface area (Å²) in [7, 11) is -1.57. The highest BCUT2D eigenvalue weighted by Crippen LogP contribution is 2.33. The standard InChI is InChI=1S/C38H44FN3O6S/c1-26-19-27(2)21-30(20-26)42(49(45,46)31-17-18-34(47-6)35(23-31)48-7)25-36(43)41(24-29-15-11-12-16-32(29)39)33(37(44)40-38(3,4)5)22-28-13-9-8-10-14-28/h8-21,23,33H,22,24-25H2,1-7H3,(H,40,44)/t33-/m1/s1. The van der Waals surface area contributed by atoms with Crippen LogP contribution in [0.1, 0.15) is 43.0 Å². The topological polar surface area (TPSA) is 105 Å². The summed E-state index contributed by atoms with van der Waals surface area (Å²) in [5.41, 5.74) is 2.12. The highest BCUT2D eigenvalue weighted by molar-refractivity contribution is 7.92. The number of halogens is 1. The minimum Gasteiger partial charge on any atom is -0.493 e. The smallest absolute Gasteiger partial charge is 0.264 e. The molecule has 0 fully saturated rings. The molecule has 0 unspecified atom stereocenters. The predicted molar refractivity (Wildman–Crippen MR) is 189 cm³/mol. The zero-order chi connectivity index (χ0) is 35.9.